The highest BCUT2D eigenvalue weighted by molar-refractivity contribution is 8.00. The minimum atomic E-state index is 0.701. The van der Waals surface area contributed by atoms with Crippen LogP contribution in [-0.2, 0) is 0 Å². The first-order valence-corrected chi connectivity index (χ1v) is 12.1. The molecule has 0 spiro atoms. The van der Waals surface area contributed by atoms with E-state index in [1.807, 2.05) is 0 Å². The van der Waals surface area contributed by atoms with Gasteiger partial charge in [-0.25, -0.2) is 0 Å². The van der Waals surface area contributed by atoms with Crippen LogP contribution in [0.25, 0.3) is 0 Å². The minimum Gasteiger partial charge on any atom is -0.176 e. The molecule has 0 N–H and O–H groups in total. The summed E-state index contributed by atoms with van der Waals surface area (Å²) in [5, 5.41) is 3.39. The highest BCUT2D eigenvalue weighted by atomic mass is 32.2. The fourth-order valence-corrected chi connectivity index (χ4v) is 10.8. The van der Waals surface area contributed by atoms with Gasteiger partial charge >= 0.3 is 0 Å². The van der Waals surface area contributed by atoms with E-state index in [1.54, 1.807) is 12.8 Å². The van der Waals surface area contributed by atoms with Crippen LogP contribution in [0, 0.1) is 41.4 Å². The number of rotatable bonds is 3. The Hall–Kier alpha value is 1.05. The summed E-state index contributed by atoms with van der Waals surface area (Å²) in [6.45, 7) is 2.42. The third-order valence-electron chi connectivity index (χ3n) is 8.51. The van der Waals surface area contributed by atoms with Gasteiger partial charge in [-0.3, -0.25) is 0 Å². The van der Waals surface area contributed by atoms with Gasteiger partial charge in [0.2, 0.25) is 0 Å². The second kappa shape index (κ2) is 6.05. The zero-order valence-corrected chi connectivity index (χ0v) is 16.9. The molecule has 0 aromatic heterocycles. The second-order valence-corrected chi connectivity index (χ2v) is 12.4. The summed E-state index contributed by atoms with van der Waals surface area (Å²) in [6, 6.07) is 0. The van der Waals surface area contributed by atoms with Crippen LogP contribution in [0.4, 0.5) is 0 Å². The predicted molar refractivity (Wildman–Crippen MR) is 108 cm³/mol. The number of thiol groups is 2. The summed E-state index contributed by atoms with van der Waals surface area (Å²) in [5.74, 6) is 7.26. The van der Waals surface area contributed by atoms with E-state index < -0.39 is 0 Å². The van der Waals surface area contributed by atoms with Crippen LogP contribution >= 0.6 is 37.0 Å². The fourth-order valence-electron chi connectivity index (χ4n) is 7.68. The Morgan fingerprint density at radius 3 is 2.09 bits per heavy atom. The lowest BCUT2D eigenvalue weighted by Gasteiger charge is -2.33. The van der Waals surface area contributed by atoms with Gasteiger partial charge in [0.25, 0.3) is 0 Å². The van der Waals surface area contributed by atoms with Gasteiger partial charge < -0.3 is 0 Å². The van der Waals surface area contributed by atoms with Crippen molar-refractivity contribution in [3.63, 3.8) is 0 Å². The van der Waals surface area contributed by atoms with Crippen molar-refractivity contribution in [2.75, 3.05) is 0 Å². The van der Waals surface area contributed by atoms with Crippen LogP contribution in [-0.4, -0.2) is 21.0 Å². The summed E-state index contributed by atoms with van der Waals surface area (Å²) < 4.78 is 0. The Bertz CT molecular complexity index is 466. The molecule has 0 amide bonds. The second-order valence-electron chi connectivity index (χ2n) is 9.42. The van der Waals surface area contributed by atoms with Crippen LogP contribution < -0.4 is 0 Å². The van der Waals surface area contributed by atoms with Crippen LogP contribution in [0.15, 0.2) is 0 Å². The van der Waals surface area contributed by atoms with Gasteiger partial charge in [0, 0.05) is 21.0 Å². The van der Waals surface area contributed by atoms with Gasteiger partial charge in [0.1, 0.15) is 0 Å². The number of hydrogen-bond acceptors (Lipinski definition) is 3. The van der Waals surface area contributed by atoms with Crippen molar-refractivity contribution in [2.45, 2.75) is 79.3 Å². The normalized spacial score (nSPS) is 60.4. The molecule has 0 aromatic rings. The molecule has 11 unspecified atom stereocenters. The van der Waals surface area contributed by atoms with Crippen LogP contribution in [0.1, 0.15) is 58.3 Å². The molecule has 11 atom stereocenters. The highest BCUT2D eigenvalue weighted by Crippen LogP contribution is 2.64. The molecule has 2 bridgehead atoms. The van der Waals surface area contributed by atoms with Crippen molar-refractivity contribution < 1.29 is 0 Å². The van der Waals surface area contributed by atoms with Crippen molar-refractivity contribution in [3.8, 4) is 0 Å². The van der Waals surface area contributed by atoms with E-state index in [4.69, 9.17) is 25.3 Å². The Morgan fingerprint density at radius 1 is 0.696 bits per heavy atom. The molecule has 5 fully saturated rings. The lowest BCUT2D eigenvalue weighted by Crippen LogP contribution is -2.28. The third kappa shape index (κ3) is 2.57. The molecule has 5 aliphatic carbocycles. The Labute approximate surface area is 157 Å². The topological polar surface area (TPSA) is 0 Å². The first-order valence-electron chi connectivity index (χ1n) is 10.2. The van der Waals surface area contributed by atoms with Gasteiger partial charge in [-0.05, 0) is 86.4 Å². The largest absolute Gasteiger partial charge is 0.176 e. The van der Waals surface area contributed by atoms with Gasteiger partial charge in [-0.2, -0.15) is 37.0 Å². The molecular weight excluding hydrogens is 336 g/mol. The van der Waals surface area contributed by atoms with Gasteiger partial charge in [0.15, 0.2) is 0 Å². The molecule has 0 saturated heterocycles. The zero-order chi connectivity index (χ0) is 15.7. The van der Waals surface area contributed by atoms with Gasteiger partial charge in [-0.1, -0.05) is 13.3 Å². The number of thioether (sulfide) groups is 1. The van der Waals surface area contributed by atoms with Gasteiger partial charge in [0.05, 0.1) is 0 Å². The Morgan fingerprint density at radius 2 is 1.30 bits per heavy atom. The molecule has 0 aliphatic heterocycles. The molecule has 3 heteroatoms. The van der Waals surface area contributed by atoms with Crippen LogP contribution in [0.2, 0.25) is 0 Å². The average Bonchev–Trinajstić information content (AvgIpc) is 3.25. The summed E-state index contributed by atoms with van der Waals surface area (Å²) >= 11 is 12.1. The SMILES string of the molecule is CCC1CC(SC2CC3CC2C2CC(S)CC32)C2CC(S)CC12. The highest BCUT2D eigenvalue weighted by Gasteiger charge is 2.57. The first kappa shape index (κ1) is 16.2. The van der Waals surface area contributed by atoms with E-state index in [1.165, 1.54) is 38.5 Å². The minimum absolute atomic E-state index is 0.701. The molecule has 0 nitrogen and oxygen atoms in total. The van der Waals surface area contributed by atoms with Crippen molar-refractivity contribution in [2.24, 2.45) is 41.4 Å². The van der Waals surface area contributed by atoms with Crippen LogP contribution in [0.5, 0.6) is 0 Å². The molecule has 5 rings (SSSR count). The monoisotopic (exact) mass is 368 g/mol. The quantitative estimate of drug-likeness (QED) is 0.614. The first-order chi connectivity index (χ1) is 11.1. The maximum atomic E-state index is 4.85. The molecule has 5 saturated carbocycles. The molecule has 0 heterocycles. The maximum absolute atomic E-state index is 4.85. The molecule has 23 heavy (non-hydrogen) atoms. The van der Waals surface area contributed by atoms with Crippen molar-refractivity contribution in [1.82, 2.24) is 0 Å². The van der Waals surface area contributed by atoms with E-state index >= 15 is 0 Å². The van der Waals surface area contributed by atoms with Crippen molar-refractivity contribution in [1.29, 1.82) is 0 Å². The van der Waals surface area contributed by atoms with Gasteiger partial charge in [-0.15, -0.1) is 0 Å². The summed E-state index contributed by atoms with van der Waals surface area (Å²) in [6.07, 6.45) is 11.7. The van der Waals surface area contributed by atoms with Crippen molar-refractivity contribution >= 4 is 37.0 Å². The van der Waals surface area contributed by atoms with Crippen molar-refractivity contribution in [3.05, 3.63) is 0 Å². The molecule has 0 aromatic carbocycles. The molecule has 5 aliphatic rings. The van der Waals surface area contributed by atoms with E-state index in [0.717, 1.165) is 57.2 Å². The number of fused-ring (bicyclic) bond motifs is 6. The maximum Gasteiger partial charge on any atom is 0.00840 e. The molecule has 130 valence electrons. The number of hydrogen-bond donors (Lipinski definition) is 2. The van der Waals surface area contributed by atoms with E-state index in [9.17, 15) is 0 Å². The average molecular weight is 369 g/mol. The standard InChI is InChI=1S/C20H32S3/c1-2-10-4-19(18-9-13(22)6-14(10)18)23-20-5-11-3-17(20)16-8-12(21)7-15(11)16/h10-22H,2-9H2,1H3. The summed E-state index contributed by atoms with van der Waals surface area (Å²) in [5.41, 5.74) is 0. The smallest absolute Gasteiger partial charge is 0.00840 e. The van der Waals surface area contributed by atoms with E-state index in [2.05, 4.69) is 18.7 Å². The Balaban J connectivity index is 1.28. The molecular formula is C20H32S3. The summed E-state index contributed by atoms with van der Waals surface area (Å²) in [7, 11) is 0. The summed E-state index contributed by atoms with van der Waals surface area (Å²) in [4.78, 5) is 0. The molecule has 0 radical (unpaired) electrons. The lowest BCUT2D eigenvalue weighted by molar-refractivity contribution is 0.265. The lowest BCUT2D eigenvalue weighted by atomic mass is 9.81. The van der Waals surface area contributed by atoms with E-state index in [-0.39, 0.29) is 0 Å². The van der Waals surface area contributed by atoms with E-state index in [0.29, 0.717) is 5.25 Å². The zero-order valence-electron chi connectivity index (χ0n) is 14.3. The van der Waals surface area contributed by atoms with Crippen LogP contribution in [0.3, 0.4) is 0 Å². The predicted octanol–water partition coefficient (Wildman–Crippen LogP) is 5.58. The Kier molecular flexibility index (Phi) is 4.27. The fraction of sp³-hybridized carbons (Fsp3) is 1.00. The third-order valence-corrected chi connectivity index (χ3v) is 11.1.